The summed E-state index contributed by atoms with van der Waals surface area (Å²) >= 11 is 0.907. The summed E-state index contributed by atoms with van der Waals surface area (Å²) in [7, 11) is -6.77. The van der Waals surface area contributed by atoms with Gasteiger partial charge in [0.25, 0.3) is 0 Å². The molecule has 2 heterocycles. The maximum absolute atomic E-state index is 12.2. The molecule has 1 aromatic heterocycles. The van der Waals surface area contributed by atoms with Crippen molar-refractivity contribution in [2.45, 2.75) is 29.5 Å². The summed E-state index contributed by atoms with van der Waals surface area (Å²) in [5.41, 5.74) is 0. The van der Waals surface area contributed by atoms with E-state index in [1.165, 1.54) is 12.1 Å². The van der Waals surface area contributed by atoms with Gasteiger partial charge in [-0.05, 0) is 25.0 Å². The molecule has 0 atom stereocenters. The second-order valence-corrected chi connectivity index (χ2v) is 10.3. The Bertz CT molecular complexity index is 720. The van der Waals surface area contributed by atoms with Crippen molar-refractivity contribution in [1.82, 2.24) is 4.72 Å². The Hall–Kier alpha value is -0.970. The van der Waals surface area contributed by atoms with Crippen LogP contribution in [0, 0.1) is 0 Å². The van der Waals surface area contributed by atoms with E-state index in [0.29, 0.717) is 4.88 Å². The van der Waals surface area contributed by atoms with Crippen molar-refractivity contribution in [1.29, 1.82) is 0 Å². The van der Waals surface area contributed by atoms with Crippen molar-refractivity contribution < 1.29 is 26.7 Å². The Morgan fingerprint density at radius 3 is 2.52 bits per heavy atom. The monoisotopic (exact) mass is 353 g/mol. The number of sulfone groups is 1. The first kappa shape index (κ1) is 16.4. The number of thiophene rings is 1. The van der Waals surface area contributed by atoms with Crippen molar-refractivity contribution in [3.63, 3.8) is 0 Å². The van der Waals surface area contributed by atoms with Crippen LogP contribution in [0.15, 0.2) is 16.3 Å². The number of aliphatic carboxylic acids is 1. The van der Waals surface area contributed by atoms with Gasteiger partial charge in [0.1, 0.15) is 14.0 Å². The molecule has 0 bridgehead atoms. The number of carbonyl (C=O) groups is 1. The zero-order valence-corrected chi connectivity index (χ0v) is 13.4. The predicted molar refractivity (Wildman–Crippen MR) is 77.7 cm³/mol. The first-order chi connectivity index (χ1) is 9.68. The van der Waals surface area contributed by atoms with E-state index in [2.05, 4.69) is 4.72 Å². The lowest BCUT2D eigenvalue weighted by Crippen LogP contribution is -2.40. The zero-order chi connectivity index (χ0) is 15.7. The molecule has 1 fully saturated rings. The molecule has 10 heteroatoms. The predicted octanol–water partition coefficient (Wildman–Crippen LogP) is 0.231. The first-order valence-electron chi connectivity index (χ1n) is 6.21. The highest BCUT2D eigenvalue weighted by atomic mass is 32.2. The fourth-order valence-electron chi connectivity index (χ4n) is 2.03. The Morgan fingerprint density at radius 2 is 1.95 bits per heavy atom. The molecule has 0 saturated carbocycles. The molecule has 7 nitrogen and oxygen atoms in total. The first-order valence-corrected chi connectivity index (χ1v) is 10.3. The van der Waals surface area contributed by atoms with Crippen LogP contribution in [0.25, 0.3) is 0 Å². The minimum atomic E-state index is -3.73. The van der Waals surface area contributed by atoms with E-state index in [-0.39, 0.29) is 35.0 Å². The lowest BCUT2D eigenvalue weighted by molar-refractivity contribution is -0.136. The topological polar surface area (TPSA) is 118 Å². The summed E-state index contributed by atoms with van der Waals surface area (Å²) in [5.74, 6) is -1.06. The third-order valence-electron chi connectivity index (χ3n) is 3.10. The number of hydrogen-bond donors (Lipinski definition) is 2. The fraction of sp³-hybridized carbons (Fsp3) is 0.545. The minimum Gasteiger partial charge on any atom is -0.481 e. The van der Waals surface area contributed by atoms with Gasteiger partial charge >= 0.3 is 5.97 Å². The lowest BCUT2D eigenvalue weighted by atomic mass is 10.2. The van der Waals surface area contributed by atoms with E-state index in [0.717, 1.165) is 11.3 Å². The summed E-state index contributed by atoms with van der Waals surface area (Å²) in [4.78, 5) is 11.0. The molecular formula is C11H15NO6S3. The summed E-state index contributed by atoms with van der Waals surface area (Å²) < 4.78 is 49.5. The smallest absolute Gasteiger partial charge is 0.308 e. The number of hydrogen-bond acceptors (Lipinski definition) is 6. The Kier molecular flexibility index (Phi) is 4.71. The second kappa shape index (κ2) is 6.03. The normalized spacial score (nSPS) is 19.4. The molecule has 0 radical (unpaired) electrons. The van der Waals surface area contributed by atoms with E-state index in [9.17, 15) is 21.6 Å². The molecule has 0 unspecified atom stereocenters. The Labute approximate surface area is 127 Å². The van der Waals surface area contributed by atoms with Crippen molar-refractivity contribution in [3.8, 4) is 0 Å². The van der Waals surface area contributed by atoms with Crippen LogP contribution < -0.4 is 4.72 Å². The summed E-state index contributed by atoms with van der Waals surface area (Å²) in [6.45, 7) is 0. The molecule has 0 aliphatic carbocycles. The molecule has 0 spiro atoms. The van der Waals surface area contributed by atoms with E-state index in [1.807, 2.05) is 0 Å². The molecular weight excluding hydrogens is 338 g/mol. The number of carboxylic acid groups (broad SMARTS) is 1. The second-order valence-electron chi connectivity index (χ2n) is 4.84. The van der Waals surface area contributed by atoms with Gasteiger partial charge in [0.15, 0.2) is 0 Å². The Balaban J connectivity index is 2.05. The molecule has 0 amide bonds. The highest BCUT2D eigenvalue weighted by molar-refractivity contribution is 7.92. The van der Waals surface area contributed by atoms with Gasteiger partial charge in [0.2, 0.25) is 10.0 Å². The molecule has 118 valence electrons. The summed E-state index contributed by atoms with van der Waals surface area (Å²) in [6.07, 6.45) is 0.297. The van der Waals surface area contributed by atoms with Crippen LogP contribution in [0.5, 0.6) is 0 Å². The maximum atomic E-state index is 12.2. The maximum Gasteiger partial charge on any atom is 0.308 e. The van der Waals surface area contributed by atoms with Crippen molar-refractivity contribution in [2.75, 3.05) is 11.5 Å². The molecule has 1 aromatic rings. The van der Waals surface area contributed by atoms with Gasteiger partial charge in [-0.2, -0.15) is 0 Å². The lowest BCUT2D eigenvalue weighted by Gasteiger charge is -2.22. The minimum absolute atomic E-state index is 0.0190. The molecule has 1 aliphatic heterocycles. The van der Waals surface area contributed by atoms with Crippen molar-refractivity contribution >= 4 is 37.2 Å². The largest absolute Gasteiger partial charge is 0.481 e. The third-order valence-corrected chi connectivity index (χ3v) is 7.92. The Morgan fingerprint density at radius 1 is 1.33 bits per heavy atom. The highest BCUT2D eigenvalue weighted by Crippen LogP contribution is 2.23. The number of carboxylic acids is 1. The third kappa shape index (κ3) is 4.50. The number of rotatable bonds is 5. The van der Waals surface area contributed by atoms with Gasteiger partial charge in [0, 0.05) is 10.9 Å². The summed E-state index contributed by atoms with van der Waals surface area (Å²) in [5, 5.41) is 8.67. The number of nitrogens with one attached hydrogen (secondary N) is 1. The fourth-order valence-corrected chi connectivity index (χ4v) is 6.19. The average Bonchev–Trinajstić information content (AvgIpc) is 2.80. The SMILES string of the molecule is O=C(O)Cc1ccc(S(=O)(=O)NC2CCS(=O)(=O)CC2)s1. The molecule has 21 heavy (non-hydrogen) atoms. The van der Waals surface area contributed by atoms with Gasteiger partial charge in [-0.15, -0.1) is 11.3 Å². The van der Waals surface area contributed by atoms with Crippen LogP contribution in [0.1, 0.15) is 17.7 Å². The van der Waals surface area contributed by atoms with Crippen LogP contribution in [0.3, 0.4) is 0 Å². The van der Waals surface area contributed by atoms with E-state index < -0.39 is 31.9 Å². The highest BCUT2D eigenvalue weighted by Gasteiger charge is 2.28. The van der Waals surface area contributed by atoms with Gasteiger partial charge < -0.3 is 5.11 Å². The summed E-state index contributed by atoms with van der Waals surface area (Å²) in [6, 6.07) is 2.44. The number of sulfonamides is 1. The quantitative estimate of drug-likeness (QED) is 0.782. The van der Waals surface area contributed by atoms with Crippen LogP contribution in [-0.4, -0.2) is 45.5 Å². The molecule has 2 N–H and O–H groups in total. The molecule has 0 aromatic carbocycles. The molecule has 1 aliphatic rings. The molecule has 1 saturated heterocycles. The standard InChI is InChI=1S/C11H15NO6S3/c13-10(14)7-9-1-2-11(19-9)21(17,18)12-8-3-5-20(15,16)6-4-8/h1-2,8,12H,3-7H2,(H,13,14). The zero-order valence-electron chi connectivity index (χ0n) is 11.0. The van der Waals surface area contributed by atoms with Crippen LogP contribution in [0.4, 0.5) is 0 Å². The van der Waals surface area contributed by atoms with E-state index in [4.69, 9.17) is 5.11 Å². The van der Waals surface area contributed by atoms with Crippen molar-refractivity contribution in [2.24, 2.45) is 0 Å². The van der Waals surface area contributed by atoms with Crippen LogP contribution in [-0.2, 0) is 31.1 Å². The van der Waals surface area contributed by atoms with Gasteiger partial charge in [-0.25, -0.2) is 21.6 Å². The van der Waals surface area contributed by atoms with Gasteiger partial charge in [-0.3, -0.25) is 4.79 Å². The van der Waals surface area contributed by atoms with Gasteiger partial charge in [-0.1, -0.05) is 0 Å². The van der Waals surface area contributed by atoms with Crippen LogP contribution >= 0.6 is 11.3 Å². The van der Waals surface area contributed by atoms with E-state index >= 15 is 0 Å². The van der Waals surface area contributed by atoms with Gasteiger partial charge in [0.05, 0.1) is 17.9 Å². The molecule has 2 rings (SSSR count). The van der Waals surface area contributed by atoms with Crippen LogP contribution in [0.2, 0.25) is 0 Å². The van der Waals surface area contributed by atoms with E-state index in [1.54, 1.807) is 0 Å². The average molecular weight is 353 g/mol. The van der Waals surface area contributed by atoms with Crippen molar-refractivity contribution in [3.05, 3.63) is 17.0 Å².